The van der Waals surface area contributed by atoms with Gasteiger partial charge in [-0.1, -0.05) is 0 Å². The minimum atomic E-state index is -0.338. The number of phenolic OH excluding ortho intramolecular Hbond substituents is 1. The first-order valence-electron chi connectivity index (χ1n) is 5.85. The van der Waals surface area contributed by atoms with E-state index in [-0.39, 0.29) is 23.3 Å². The van der Waals surface area contributed by atoms with Gasteiger partial charge < -0.3 is 15.2 Å². The summed E-state index contributed by atoms with van der Waals surface area (Å²) in [5, 5.41) is 12.6. The Morgan fingerprint density at radius 3 is 2.89 bits per heavy atom. The van der Waals surface area contributed by atoms with Gasteiger partial charge in [0.2, 0.25) is 0 Å². The van der Waals surface area contributed by atoms with E-state index in [0.29, 0.717) is 12.2 Å². The highest BCUT2D eigenvalue weighted by Gasteiger charge is 2.38. The molecule has 1 amide bonds. The van der Waals surface area contributed by atoms with Crippen molar-refractivity contribution >= 4 is 28.5 Å². The molecule has 98 valence electrons. The molecule has 0 bridgehead atoms. The van der Waals surface area contributed by atoms with E-state index in [1.54, 1.807) is 12.1 Å². The molecule has 2 unspecified atom stereocenters. The lowest BCUT2D eigenvalue weighted by atomic mass is 9.94. The summed E-state index contributed by atoms with van der Waals surface area (Å²) in [7, 11) is 0. The number of amides is 1. The Bertz CT molecular complexity index is 477. The predicted molar refractivity (Wildman–Crippen MR) is 76.7 cm³/mol. The lowest BCUT2D eigenvalue weighted by molar-refractivity contribution is 0.0727. The van der Waals surface area contributed by atoms with E-state index in [0.717, 1.165) is 9.99 Å². The molecule has 0 radical (unpaired) electrons. The number of rotatable bonds is 2. The van der Waals surface area contributed by atoms with Crippen molar-refractivity contribution in [3.63, 3.8) is 0 Å². The second-order valence-electron chi connectivity index (χ2n) is 4.80. The lowest BCUT2D eigenvalue weighted by Gasteiger charge is -2.28. The molecule has 1 aliphatic rings. The van der Waals surface area contributed by atoms with Crippen molar-refractivity contribution in [2.75, 3.05) is 6.61 Å². The molecule has 5 heteroatoms. The number of carbonyl (C=O) groups is 1. The third-order valence-corrected chi connectivity index (χ3v) is 4.41. The van der Waals surface area contributed by atoms with E-state index in [2.05, 4.69) is 5.32 Å². The van der Waals surface area contributed by atoms with Crippen LogP contribution in [0.5, 0.6) is 5.75 Å². The van der Waals surface area contributed by atoms with Crippen molar-refractivity contribution in [3.8, 4) is 5.75 Å². The molecule has 1 fully saturated rings. The lowest BCUT2D eigenvalue weighted by Crippen LogP contribution is -2.50. The van der Waals surface area contributed by atoms with Crippen LogP contribution in [-0.2, 0) is 4.74 Å². The van der Waals surface area contributed by atoms with Crippen LogP contribution in [-0.4, -0.2) is 29.3 Å². The number of nitrogens with one attached hydrogen (secondary N) is 1. The number of hydrogen-bond donors (Lipinski definition) is 2. The zero-order valence-electron chi connectivity index (χ0n) is 10.4. The summed E-state index contributed by atoms with van der Waals surface area (Å²) in [4.78, 5) is 12.1. The Labute approximate surface area is 120 Å². The summed E-state index contributed by atoms with van der Waals surface area (Å²) < 4.78 is 6.21. The van der Waals surface area contributed by atoms with Crippen LogP contribution in [0.4, 0.5) is 0 Å². The topological polar surface area (TPSA) is 58.6 Å². The number of halogens is 1. The third-order valence-electron chi connectivity index (χ3n) is 3.49. The van der Waals surface area contributed by atoms with Gasteiger partial charge in [-0.05, 0) is 61.1 Å². The fraction of sp³-hybridized carbons (Fsp3) is 0.462. The van der Waals surface area contributed by atoms with E-state index in [9.17, 15) is 9.90 Å². The molecule has 2 atom stereocenters. The van der Waals surface area contributed by atoms with Gasteiger partial charge in [-0.2, -0.15) is 0 Å². The highest BCUT2D eigenvalue weighted by atomic mass is 127. The summed E-state index contributed by atoms with van der Waals surface area (Å²) in [6.45, 7) is 4.60. The average molecular weight is 361 g/mol. The number of aromatic hydroxyl groups is 1. The van der Waals surface area contributed by atoms with Crippen molar-refractivity contribution in [1.82, 2.24) is 5.32 Å². The first-order chi connectivity index (χ1) is 8.42. The molecule has 4 nitrogen and oxygen atoms in total. The molecule has 0 spiro atoms. The molecule has 1 heterocycles. The first-order valence-corrected chi connectivity index (χ1v) is 6.93. The summed E-state index contributed by atoms with van der Waals surface area (Å²) in [6.07, 6.45) is 0.801. The van der Waals surface area contributed by atoms with Gasteiger partial charge in [-0.25, -0.2) is 0 Å². The average Bonchev–Trinajstić information content (AvgIpc) is 2.63. The van der Waals surface area contributed by atoms with Crippen molar-refractivity contribution in [2.45, 2.75) is 31.9 Å². The molecule has 2 N–H and O–H groups in total. The Morgan fingerprint density at radius 1 is 1.61 bits per heavy atom. The van der Waals surface area contributed by atoms with E-state index in [4.69, 9.17) is 4.74 Å². The fourth-order valence-electron chi connectivity index (χ4n) is 1.98. The summed E-state index contributed by atoms with van der Waals surface area (Å²) in [5.41, 5.74) is 0.128. The highest BCUT2D eigenvalue weighted by molar-refractivity contribution is 14.1. The van der Waals surface area contributed by atoms with Crippen molar-refractivity contribution < 1.29 is 14.6 Å². The van der Waals surface area contributed by atoms with Gasteiger partial charge in [0, 0.05) is 12.2 Å². The zero-order chi connectivity index (χ0) is 13.3. The fourth-order valence-corrected chi connectivity index (χ4v) is 2.32. The third kappa shape index (κ3) is 2.61. The van der Waals surface area contributed by atoms with Gasteiger partial charge in [0.25, 0.3) is 5.91 Å². The molecular formula is C13H16INO3. The maximum atomic E-state index is 12.1. The Kier molecular flexibility index (Phi) is 3.82. The number of carbonyl (C=O) groups excluding carboxylic acids is 1. The minimum absolute atomic E-state index is 0.00102. The van der Waals surface area contributed by atoms with E-state index in [1.807, 2.05) is 36.4 Å². The second kappa shape index (κ2) is 5.05. The van der Waals surface area contributed by atoms with Gasteiger partial charge in [-0.3, -0.25) is 4.79 Å². The van der Waals surface area contributed by atoms with Gasteiger partial charge in [0.1, 0.15) is 5.75 Å². The summed E-state index contributed by atoms with van der Waals surface area (Å²) >= 11 is 2.02. The maximum absolute atomic E-state index is 12.1. The zero-order valence-corrected chi connectivity index (χ0v) is 12.5. The molecule has 0 aliphatic carbocycles. The Hall–Kier alpha value is -0.820. The Morgan fingerprint density at radius 2 is 2.33 bits per heavy atom. The van der Waals surface area contributed by atoms with Gasteiger partial charge >= 0.3 is 0 Å². The number of hydrogen-bond acceptors (Lipinski definition) is 3. The van der Waals surface area contributed by atoms with Crippen LogP contribution < -0.4 is 5.32 Å². The van der Waals surface area contributed by atoms with Crippen LogP contribution in [0.25, 0.3) is 0 Å². The SMILES string of the molecule is CC1OCCC1(C)NC(=O)c1ccc(I)c(O)c1. The van der Waals surface area contributed by atoms with Crippen LogP contribution in [0.3, 0.4) is 0 Å². The van der Waals surface area contributed by atoms with Crippen LogP contribution in [0.2, 0.25) is 0 Å². The summed E-state index contributed by atoms with van der Waals surface area (Å²) in [6, 6.07) is 4.92. The standard InChI is InChI=1S/C13H16INO3/c1-8-13(2,5-6-18-8)15-12(17)9-3-4-10(14)11(16)7-9/h3-4,7-8,16H,5-6H2,1-2H3,(H,15,17). The van der Waals surface area contributed by atoms with Crippen LogP contribution in [0.1, 0.15) is 30.6 Å². The molecule has 1 aliphatic heterocycles. The largest absolute Gasteiger partial charge is 0.507 e. The van der Waals surface area contributed by atoms with Crippen molar-refractivity contribution in [3.05, 3.63) is 27.3 Å². The highest BCUT2D eigenvalue weighted by Crippen LogP contribution is 2.26. The molecule has 2 rings (SSSR count). The van der Waals surface area contributed by atoms with Gasteiger partial charge in [-0.15, -0.1) is 0 Å². The molecule has 0 saturated carbocycles. The van der Waals surface area contributed by atoms with E-state index < -0.39 is 0 Å². The van der Waals surface area contributed by atoms with Crippen LogP contribution in [0, 0.1) is 3.57 Å². The quantitative estimate of drug-likeness (QED) is 0.795. The molecular weight excluding hydrogens is 345 g/mol. The molecule has 0 aromatic heterocycles. The number of benzene rings is 1. The van der Waals surface area contributed by atoms with Crippen LogP contribution in [0.15, 0.2) is 18.2 Å². The number of phenols is 1. The van der Waals surface area contributed by atoms with Crippen LogP contribution >= 0.6 is 22.6 Å². The Balaban J connectivity index is 2.14. The molecule has 18 heavy (non-hydrogen) atoms. The second-order valence-corrected chi connectivity index (χ2v) is 5.96. The van der Waals surface area contributed by atoms with Crippen molar-refractivity contribution in [2.24, 2.45) is 0 Å². The van der Waals surface area contributed by atoms with E-state index in [1.165, 1.54) is 6.07 Å². The maximum Gasteiger partial charge on any atom is 0.251 e. The van der Waals surface area contributed by atoms with Crippen molar-refractivity contribution in [1.29, 1.82) is 0 Å². The smallest absolute Gasteiger partial charge is 0.251 e. The predicted octanol–water partition coefficient (Wildman–Crippen LogP) is 2.29. The minimum Gasteiger partial charge on any atom is -0.507 e. The molecule has 1 saturated heterocycles. The van der Waals surface area contributed by atoms with E-state index >= 15 is 0 Å². The molecule has 1 aromatic rings. The summed E-state index contributed by atoms with van der Waals surface area (Å²) in [5.74, 6) is -0.0503. The van der Waals surface area contributed by atoms with Gasteiger partial charge in [0.15, 0.2) is 0 Å². The molecule has 1 aromatic carbocycles. The monoisotopic (exact) mass is 361 g/mol. The number of ether oxygens (including phenoxy) is 1. The first kappa shape index (κ1) is 13.6. The normalized spacial score (nSPS) is 27.2. The van der Waals surface area contributed by atoms with Gasteiger partial charge in [0.05, 0.1) is 15.2 Å².